The number of benzene rings is 2. The van der Waals surface area contributed by atoms with Gasteiger partial charge in [0, 0.05) is 55.0 Å². The van der Waals surface area contributed by atoms with E-state index in [4.69, 9.17) is 20.2 Å². The van der Waals surface area contributed by atoms with E-state index in [1.54, 1.807) is 19.2 Å². The number of alkyl halides is 1. The summed E-state index contributed by atoms with van der Waals surface area (Å²) in [6, 6.07) is 14.1. The summed E-state index contributed by atoms with van der Waals surface area (Å²) in [5.74, 6) is 2.11. The Labute approximate surface area is 242 Å². The second-order valence-corrected chi connectivity index (χ2v) is 11.9. The number of ether oxygens (including phenoxy) is 2. The van der Waals surface area contributed by atoms with E-state index in [1.165, 1.54) is 28.6 Å². The molecule has 7 rings (SSSR count). The Hall–Kier alpha value is -4.12. The second-order valence-electron chi connectivity index (χ2n) is 11.9. The fraction of sp³-hybridized carbons (Fsp3) is 0.452. The number of para-hydroxylation sites is 1. The number of amides is 2. The number of likely N-dealkylation sites (tertiary alicyclic amines) is 1. The van der Waals surface area contributed by atoms with E-state index in [0.29, 0.717) is 28.7 Å². The minimum absolute atomic E-state index is 0.00766. The second kappa shape index (κ2) is 10.6. The third-order valence-electron chi connectivity index (χ3n) is 8.69. The highest BCUT2D eigenvalue weighted by Gasteiger charge is 2.34. The number of methoxy groups -OCH3 is 1. The largest absolute Gasteiger partial charge is 0.494 e. The van der Waals surface area contributed by atoms with E-state index in [1.807, 2.05) is 0 Å². The molecule has 2 atom stereocenters. The van der Waals surface area contributed by atoms with Crippen LogP contribution in [-0.2, 0) is 17.8 Å². The van der Waals surface area contributed by atoms with Crippen LogP contribution in [0.3, 0.4) is 0 Å². The molecule has 1 aliphatic carbocycles. The monoisotopic (exact) mass is 574 g/mol. The maximum Gasteiger partial charge on any atom is 0.404 e. The van der Waals surface area contributed by atoms with Crippen molar-refractivity contribution in [2.24, 2.45) is 17.6 Å². The number of carbonyl (C=O) groups excluding carboxylic acids is 2. The molecule has 4 aromatic rings. The number of fused-ring (bicyclic) bond motifs is 2. The van der Waals surface area contributed by atoms with Gasteiger partial charge in [-0.15, -0.1) is 0 Å². The molecule has 3 aliphatic rings. The van der Waals surface area contributed by atoms with E-state index >= 15 is 0 Å². The molecule has 0 spiro atoms. The molecule has 4 heterocycles. The first-order valence-electron chi connectivity index (χ1n) is 14.6. The number of nitrogens with zero attached hydrogens (tertiary/aromatic N) is 4. The van der Waals surface area contributed by atoms with Gasteiger partial charge in [0.05, 0.1) is 31.4 Å². The maximum atomic E-state index is 14.6. The topological polar surface area (TPSA) is 117 Å². The van der Waals surface area contributed by atoms with Crippen LogP contribution in [0.15, 0.2) is 42.5 Å². The van der Waals surface area contributed by atoms with Crippen molar-refractivity contribution in [3.63, 3.8) is 0 Å². The van der Waals surface area contributed by atoms with Crippen LogP contribution in [0.1, 0.15) is 29.6 Å². The maximum absolute atomic E-state index is 14.6. The smallest absolute Gasteiger partial charge is 0.404 e. The van der Waals surface area contributed by atoms with Crippen molar-refractivity contribution >= 4 is 33.9 Å². The Balaban J connectivity index is 1.33. The number of hydrogen-bond acceptors (Lipinski definition) is 6. The first-order valence-corrected chi connectivity index (χ1v) is 14.6. The van der Waals surface area contributed by atoms with Gasteiger partial charge >= 0.3 is 6.09 Å². The van der Waals surface area contributed by atoms with Gasteiger partial charge in [0.2, 0.25) is 0 Å². The molecular formula is C31H35FN6O4. The molecule has 3 fully saturated rings. The molecule has 11 heteroatoms. The predicted molar refractivity (Wildman–Crippen MR) is 156 cm³/mol. The summed E-state index contributed by atoms with van der Waals surface area (Å²) in [6.07, 6.45) is -0.630. The standard InChI is InChI=1S/C31H35FN6O4/c1-41-27-10-21(30(39)36-16-22(32)11-23(17-36)42-31(33)40)8-24-28(27)38(15-19-12-34-13-19)29(35-24)26-9-20-4-2-3-5-25(20)37(26)14-18-6-7-18/h2-5,8-10,18-19,22-23,34H,6-7,11-17H2,1H3,(H2,33,40)/t22-,23-/m1/s1. The average Bonchev–Trinajstić information content (AvgIpc) is 3.59. The zero-order valence-electron chi connectivity index (χ0n) is 23.6. The van der Waals surface area contributed by atoms with E-state index < -0.39 is 18.4 Å². The molecule has 1 saturated carbocycles. The van der Waals surface area contributed by atoms with Crippen LogP contribution in [0.25, 0.3) is 33.5 Å². The molecule has 3 N–H and O–H groups in total. The molecule has 2 saturated heterocycles. The normalized spacial score (nSPS) is 21.0. The van der Waals surface area contributed by atoms with Crippen LogP contribution in [0.5, 0.6) is 5.75 Å². The van der Waals surface area contributed by atoms with Crippen molar-refractivity contribution in [3.8, 4) is 17.3 Å². The highest BCUT2D eigenvalue weighted by molar-refractivity contribution is 6.00. The summed E-state index contributed by atoms with van der Waals surface area (Å²) in [4.78, 5) is 31.5. The first kappa shape index (κ1) is 26.8. The van der Waals surface area contributed by atoms with Crippen molar-refractivity contribution in [1.82, 2.24) is 24.3 Å². The van der Waals surface area contributed by atoms with E-state index in [2.05, 4.69) is 44.8 Å². The molecular weight excluding hydrogens is 539 g/mol. The predicted octanol–water partition coefficient (Wildman–Crippen LogP) is 3.94. The fourth-order valence-corrected chi connectivity index (χ4v) is 6.36. The molecule has 0 unspecified atom stereocenters. The molecule has 0 bridgehead atoms. The Morgan fingerprint density at radius 3 is 2.57 bits per heavy atom. The van der Waals surface area contributed by atoms with E-state index in [0.717, 1.165) is 43.2 Å². The number of hydrogen-bond donors (Lipinski definition) is 2. The minimum Gasteiger partial charge on any atom is -0.494 e. The van der Waals surface area contributed by atoms with Gasteiger partial charge in [0.25, 0.3) is 5.91 Å². The number of halogens is 1. The highest BCUT2D eigenvalue weighted by Crippen LogP contribution is 2.39. The average molecular weight is 575 g/mol. The van der Waals surface area contributed by atoms with Crippen molar-refractivity contribution in [1.29, 1.82) is 0 Å². The van der Waals surface area contributed by atoms with Gasteiger partial charge < -0.3 is 34.6 Å². The summed E-state index contributed by atoms with van der Waals surface area (Å²) in [5, 5.41) is 4.53. The van der Waals surface area contributed by atoms with Gasteiger partial charge in [-0.25, -0.2) is 14.2 Å². The zero-order valence-corrected chi connectivity index (χ0v) is 23.6. The Kier molecular flexibility index (Phi) is 6.76. The highest BCUT2D eigenvalue weighted by atomic mass is 19.1. The molecule has 2 aliphatic heterocycles. The van der Waals surface area contributed by atoms with Gasteiger partial charge in [0.15, 0.2) is 5.82 Å². The Morgan fingerprint density at radius 1 is 1.07 bits per heavy atom. The van der Waals surface area contributed by atoms with E-state index in [-0.39, 0.29) is 25.4 Å². The third-order valence-corrected chi connectivity index (χ3v) is 8.69. The quantitative estimate of drug-likeness (QED) is 0.329. The Bertz CT molecular complexity index is 1670. The molecule has 0 radical (unpaired) electrons. The molecule has 10 nitrogen and oxygen atoms in total. The molecule has 2 amide bonds. The third kappa shape index (κ3) is 4.95. The van der Waals surface area contributed by atoms with Gasteiger partial charge in [-0.1, -0.05) is 18.2 Å². The first-order chi connectivity index (χ1) is 20.4. The van der Waals surface area contributed by atoms with Gasteiger partial charge in [-0.05, 0) is 43.0 Å². The van der Waals surface area contributed by atoms with Crippen molar-refractivity contribution < 1.29 is 23.5 Å². The molecule has 2 aromatic heterocycles. The molecule has 2 aromatic carbocycles. The van der Waals surface area contributed by atoms with Crippen molar-refractivity contribution in [2.45, 2.75) is 44.6 Å². The minimum atomic E-state index is -1.33. The summed E-state index contributed by atoms with van der Waals surface area (Å²) in [6.45, 7) is 3.53. The van der Waals surface area contributed by atoms with E-state index in [9.17, 15) is 14.0 Å². The van der Waals surface area contributed by atoms with Crippen molar-refractivity contribution in [3.05, 3.63) is 48.0 Å². The van der Waals surface area contributed by atoms with Crippen LogP contribution in [0.2, 0.25) is 0 Å². The number of nitrogens with two attached hydrogens (primary N) is 1. The Morgan fingerprint density at radius 2 is 1.86 bits per heavy atom. The lowest BCUT2D eigenvalue weighted by Crippen LogP contribution is -2.49. The number of aromatic nitrogens is 3. The van der Waals surface area contributed by atoms with Crippen LogP contribution in [0, 0.1) is 11.8 Å². The number of primary amides is 1. The lowest BCUT2D eigenvalue weighted by Gasteiger charge is -2.34. The lowest BCUT2D eigenvalue weighted by molar-refractivity contribution is 0.0133. The van der Waals surface area contributed by atoms with Gasteiger partial charge in [-0.2, -0.15) is 0 Å². The van der Waals surface area contributed by atoms with Crippen molar-refractivity contribution in [2.75, 3.05) is 33.3 Å². The number of carbonyl (C=O) groups is 2. The molecule has 220 valence electrons. The number of piperidine rings is 1. The lowest BCUT2D eigenvalue weighted by atomic mass is 10.0. The van der Waals surface area contributed by atoms with Crippen LogP contribution < -0.4 is 15.8 Å². The molecule has 42 heavy (non-hydrogen) atoms. The zero-order chi connectivity index (χ0) is 29.0. The fourth-order valence-electron chi connectivity index (χ4n) is 6.36. The SMILES string of the molecule is COc1cc(C(=O)N2C[C@H](F)C[C@@H](OC(N)=O)C2)cc2nc(-c3cc4ccccc4n3CC3CC3)n(CC3CNC3)c12. The summed E-state index contributed by atoms with van der Waals surface area (Å²) >= 11 is 0. The van der Waals surface area contributed by atoms with Crippen LogP contribution >= 0.6 is 0 Å². The number of nitrogens with one attached hydrogen (secondary N) is 1. The van der Waals surface area contributed by atoms with Crippen LogP contribution in [0.4, 0.5) is 9.18 Å². The van der Waals surface area contributed by atoms with Crippen LogP contribution in [-0.4, -0.2) is 76.6 Å². The number of rotatable bonds is 8. The van der Waals surface area contributed by atoms with Gasteiger partial charge in [-0.3, -0.25) is 4.79 Å². The number of imidazole rings is 1. The summed E-state index contributed by atoms with van der Waals surface area (Å²) < 4.78 is 30.1. The summed E-state index contributed by atoms with van der Waals surface area (Å²) in [5.41, 5.74) is 9.20. The summed E-state index contributed by atoms with van der Waals surface area (Å²) in [7, 11) is 1.59. The van der Waals surface area contributed by atoms with Gasteiger partial charge in [0.1, 0.15) is 23.5 Å².